The summed E-state index contributed by atoms with van der Waals surface area (Å²) in [6, 6.07) is 0. The second-order valence-electron chi connectivity index (χ2n) is 4.43. The van der Waals surface area contributed by atoms with Crippen molar-refractivity contribution >= 4 is 11.6 Å². The maximum Gasteiger partial charge on any atom is 0.389 e. The molecule has 0 unspecified atom stereocenters. The standard InChI is InChI=1S/C12H19ClF3N3/c1-3-9-11(13)10(19(2)18-9)8-17-7-5-4-6-12(14,15)16/h17H,3-8H2,1-2H3. The molecule has 0 radical (unpaired) electrons. The van der Waals surface area contributed by atoms with E-state index in [0.717, 1.165) is 17.8 Å². The van der Waals surface area contributed by atoms with Crippen LogP contribution in [0.15, 0.2) is 0 Å². The predicted octanol–water partition coefficient (Wildman–Crippen LogP) is 3.46. The van der Waals surface area contributed by atoms with Gasteiger partial charge in [-0.25, -0.2) is 0 Å². The summed E-state index contributed by atoms with van der Waals surface area (Å²) in [5, 5.41) is 8.01. The number of hydrogen-bond acceptors (Lipinski definition) is 2. The van der Waals surface area contributed by atoms with E-state index >= 15 is 0 Å². The molecule has 19 heavy (non-hydrogen) atoms. The molecular weight excluding hydrogens is 279 g/mol. The topological polar surface area (TPSA) is 29.9 Å². The summed E-state index contributed by atoms with van der Waals surface area (Å²) in [5.41, 5.74) is 1.72. The van der Waals surface area contributed by atoms with Crippen LogP contribution in [0.25, 0.3) is 0 Å². The minimum absolute atomic E-state index is 0.149. The molecule has 0 bridgehead atoms. The minimum Gasteiger partial charge on any atom is -0.311 e. The SMILES string of the molecule is CCc1nn(C)c(CNCCCCC(F)(F)F)c1Cl. The zero-order valence-corrected chi connectivity index (χ0v) is 11.9. The van der Waals surface area contributed by atoms with E-state index in [1.54, 1.807) is 4.68 Å². The molecule has 0 aliphatic heterocycles. The molecule has 0 aliphatic carbocycles. The van der Waals surface area contributed by atoms with Gasteiger partial charge in [0.05, 0.1) is 16.4 Å². The Kier molecular flexibility index (Phi) is 6.13. The number of unbranched alkanes of at least 4 members (excludes halogenated alkanes) is 1. The summed E-state index contributed by atoms with van der Waals surface area (Å²) in [6.45, 7) is 3.04. The predicted molar refractivity (Wildman–Crippen MR) is 69.2 cm³/mol. The molecule has 0 saturated carbocycles. The van der Waals surface area contributed by atoms with Crippen molar-refractivity contribution in [1.82, 2.24) is 15.1 Å². The van der Waals surface area contributed by atoms with Gasteiger partial charge in [0.1, 0.15) is 0 Å². The summed E-state index contributed by atoms with van der Waals surface area (Å²) in [7, 11) is 1.81. The van der Waals surface area contributed by atoms with Crippen molar-refractivity contribution in [3.05, 3.63) is 16.4 Å². The number of alkyl halides is 3. The number of hydrogen-bond donors (Lipinski definition) is 1. The van der Waals surface area contributed by atoms with Gasteiger partial charge in [0, 0.05) is 20.0 Å². The highest BCUT2D eigenvalue weighted by atomic mass is 35.5. The van der Waals surface area contributed by atoms with Gasteiger partial charge in [-0.2, -0.15) is 18.3 Å². The van der Waals surface area contributed by atoms with E-state index in [1.165, 1.54) is 0 Å². The lowest BCUT2D eigenvalue weighted by molar-refractivity contribution is -0.135. The molecule has 0 aromatic carbocycles. The van der Waals surface area contributed by atoms with E-state index in [0.29, 0.717) is 24.5 Å². The van der Waals surface area contributed by atoms with Gasteiger partial charge in [0.25, 0.3) is 0 Å². The molecule has 1 aromatic rings. The zero-order valence-electron chi connectivity index (χ0n) is 11.1. The zero-order chi connectivity index (χ0) is 14.5. The van der Waals surface area contributed by atoms with Crippen molar-refractivity contribution in [2.24, 2.45) is 7.05 Å². The summed E-state index contributed by atoms with van der Waals surface area (Å²) < 4.78 is 37.5. The summed E-state index contributed by atoms with van der Waals surface area (Å²) >= 11 is 6.16. The Morgan fingerprint density at radius 1 is 1.32 bits per heavy atom. The van der Waals surface area contributed by atoms with E-state index in [2.05, 4.69) is 10.4 Å². The van der Waals surface area contributed by atoms with E-state index < -0.39 is 12.6 Å². The fourth-order valence-corrected chi connectivity index (χ4v) is 2.15. The van der Waals surface area contributed by atoms with Gasteiger partial charge in [-0.05, 0) is 25.8 Å². The third kappa shape index (κ3) is 5.40. The number of halogens is 4. The highest BCUT2D eigenvalue weighted by Gasteiger charge is 2.25. The first-order chi connectivity index (χ1) is 8.85. The third-order valence-corrected chi connectivity index (χ3v) is 3.30. The molecule has 0 spiro atoms. The quantitative estimate of drug-likeness (QED) is 0.781. The second-order valence-corrected chi connectivity index (χ2v) is 4.81. The lowest BCUT2D eigenvalue weighted by atomic mass is 10.2. The van der Waals surface area contributed by atoms with E-state index in [4.69, 9.17) is 11.6 Å². The van der Waals surface area contributed by atoms with Crippen LogP contribution in [0.5, 0.6) is 0 Å². The molecular formula is C12H19ClF3N3. The number of rotatable bonds is 7. The van der Waals surface area contributed by atoms with Gasteiger partial charge in [-0.1, -0.05) is 18.5 Å². The van der Waals surface area contributed by atoms with Crippen molar-refractivity contribution in [3.63, 3.8) is 0 Å². The van der Waals surface area contributed by atoms with Crippen molar-refractivity contribution < 1.29 is 13.2 Å². The molecule has 0 aliphatic rings. The Labute approximate surface area is 116 Å². The molecule has 1 rings (SSSR count). The molecule has 1 N–H and O–H groups in total. The Balaban J connectivity index is 2.28. The maximum atomic E-state index is 11.9. The Hall–Kier alpha value is -0.750. The highest BCUT2D eigenvalue weighted by molar-refractivity contribution is 6.31. The largest absolute Gasteiger partial charge is 0.389 e. The Bertz CT molecular complexity index is 402. The molecule has 0 saturated heterocycles. The van der Waals surface area contributed by atoms with Crippen molar-refractivity contribution in [2.45, 2.75) is 45.3 Å². The molecule has 0 fully saturated rings. The van der Waals surface area contributed by atoms with E-state index in [-0.39, 0.29) is 6.42 Å². The first-order valence-electron chi connectivity index (χ1n) is 6.33. The molecule has 1 heterocycles. The molecule has 0 atom stereocenters. The summed E-state index contributed by atoms with van der Waals surface area (Å²) in [6.07, 6.45) is -3.37. The van der Waals surface area contributed by atoms with Gasteiger partial charge < -0.3 is 5.32 Å². The average molecular weight is 298 g/mol. The lowest BCUT2D eigenvalue weighted by Crippen LogP contribution is -2.18. The smallest absolute Gasteiger partial charge is 0.311 e. The van der Waals surface area contributed by atoms with Gasteiger partial charge in [0.15, 0.2) is 0 Å². The summed E-state index contributed by atoms with van der Waals surface area (Å²) in [4.78, 5) is 0. The average Bonchev–Trinajstić information content (AvgIpc) is 2.58. The van der Waals surface area contributed by atoms with Crippen LogP contribution in [0.4, 0.5) is 13.2 Å². The van der Waals surface area contributed by atoms with Gasteiger partial charge in [0.2, 0.25) is 0 Å². The van der Waals surface area contributed by atoms with Crippen LogP contribution in [0, 0.1) is 0 Å². The number of nitrogens with one attached hydrogen (secondary N) is 1. The molecule has 1 aromatic heterocycles. The third-order valence-electron chi connectivity index (χ3n) is 2.86. The first kappa shape index (κ1) is 16.3. The van der Waals surface area contributed by atoms with Gasteiger partial charge in [-0.15, -0.1) is 0 Å². The van der Waals surface area contributed by atoms with Crippen molar-refractivity contribution in [3.8, 4) is 0 Å². The minimum atomic E-state index is -4.05. The van der Waals surface area contributed by atoms with Crippen LogP contribution in [0.2, 0.25) is 5.02 Å². The highest BCUT2D eigenvalue weighted by Crippen LogP contribution is 2.22. The van der Waals surface area contributed by atoms with Crippen LogP contribution < -0.4 is 5.32 Å². The summed E-state index contributed by atoms with van der Waals surface area (Å²) in [5.74, 6) is 0. The van der Waals surface area contributed by atoms with Crippen molar-refractivity contribution in [1.29, 1.82) is 0 Å². The molecule has 3 nitrogen and oxygen atoms in total. The normalized spacial score (nSPS) is 12.1. The second kappa shape index (κ2) is 7.14. The number of nitrogens with zero attached hydrogens (tertiary/aromatic N) is 2. The van der Waals surface area contributed by atoms with Crippen LogP contribution in [0.1, 0.15) is 37.6 Å². The first-order valence-corrected chi connectivity index (χ1v) is 6.70. The lowest BCUT2D eigenvalue weighted by Gasteiger charge is -2.07. The van der Waals surface area contributed by atoms with E-state index in [9.17, 15) is 13.2 Å². The van der Waals surface area contributed by atoms with E-state index in [1.807, 2.05) is 14.0 Å². The number of aromatic nitrogens is 2. The fourth-order valence-electron chi connectivity index (χ4n) is 1.79. The Morgan fingerprint density at radius 2 is 2.00 bits per heavy atom. The maximum absolute atomic E-state index is 11.9. The molecule has 7 heteroatoms. The van der Waals surface area contributed by atoms with Crippen LogP contribution in [-0.2, 0) is 20.0 Å². The van der Waals surface area contributed by atoms with Crippen LogP contribution >= 0.6 is 11.6 Å². The monoisotopic (exact) mass is 297 g/mol. The van der Waals surface area contributed by atoms with Crippen LogP contribution in [-0.4, -0.2) is 22.5 Å². The molecule has 110 valence electrons. The molecule has 0 amide bonds. The van der Waals surface area contributed by atoms with Gasteiger partial charge in [-0.3, -0.25) is 4.68 Å². The van der Waals surface area contributed by atoms with Crippen molar-refractivity contribution in [2.75, 3.05) is 6.54 Å². The fraction of sp³-hybridized carbons (Fsp3) is 0.750. The number of aryl methyl sites for hydroxylation is 2. The Morgan fingerprint density at radius 3 is 2.53 bits per heavy atom. The van der Waals surface area contributed by atoms with Gasteiger partial charge >= 0.3 is 6.18 Å². The van der Waals surface area contributed by atoms with Crippen LogP contribution in [0.3, 0.4) is 0 Å².